The van der Waals surface area contributed by atoms with E-state index < -0.39 is 5.41 Å². The van der Waals surface area contributed by atoms with Crippen molar-refractivity contribution in [1.82, 2.24) is 0 Å². The number of hydrogen-bond donors (Lipinski definition) is 0. The average Bonchev–Trinajstić information content (AvgIpc) is 4.09. The quantitative estimate of drug-likeness (QED) is 0.165. The second-order valence-electron chi connectivity index (χ2n) is 17.4. The van der Waals surface area contributed by atoms with Crippen LogP contribution in [0, 0.1) is 0 Å². The van der Waals surface area contributed by atoms with Crippen molar-refractivity contribution in [2.24, 2.45) is 0 Å². The molecule has 0 aliphatic heterocycles. The van der Waals surface area contributed by atoms with Crippen molar-refractivity contribution >= 4 is 103 Å². The highest BCUT2D eigenvalue weighted by Gasteiger charge is 2.52. The lowest BCUT2D eigenvalue weighted by Crippen LogP contribution is -2.26. The van der Waals surface area contributed by atoms with Gasteiger partial charge in [0, 0.05) is 42.2 Å². The molecule has 0 saturated heterocycles. The standard InChI is InChI=1S/C61H35NOS/c1-3-17-39-37(15-1)38-16-2-4-18-40(38)47-35-58-49(34-46(39)47)48-33-36(31-32-57(48)64-58)62(55-29-13-23-44-43-21-8-12-30-56(43)63-60(44)55)54-28-14-27-53-59(54)45-22-7-11-26-52(45)61(53)50-24-9-5-19-41(50)42-20-6-10-25-51(42)61/h1-35H. The molecule has 13 aromatic rings. The van der Waals surface area contributed by atoms with E-state index in [9.17, 15) is 0 Å². The molecule has 2 heterocycles. The van der Waals surface area contributed by atoms with Crippen LogP contribution in [0.5, 0.6) is 0 Å². The Morgan fingerprint density at radius 1 is 0.344 bits per heavy atom. The minimum atomic E-state index is -0.465. The zero-order valence-electron chi connectivity index (χ0n) is 34.5. The predicted molar refractivity (Wildman–Crippen MR) is 270 cm³/mol. The molecule has 11 aromatic carbocycles. The minimum Gasteiger partial charge on any atom is -0.454 e. The maximum atomic E-state index is 6.91. The molecule has 1 spiro atoms. The van der Waals surface area contributed by atoms with E-state index in [2.05, 4.69) is 217 Å². The molecule has 0 atom stereocenters. The van der Waals surface area contributed by atoms with Gasteiger partial charge in [-0.3, -0.25) is 0 Å². The first-order valence-electron chi connectivity index (χ1n) is 22.1. The van der Waals surface area contributed by atoms with Gasteiger partial charge >= 0.3 is 0 Å². The normalized spacial score (nSPS) is 13.4. The topological polar surface area (TPSA) is 16.4 Å². The van der Waals surface area contributed by atoms with Gasteiger partial charge in [-0.25, -0.2) is 0 Å². The Labute approximate surface area is 372 Å². The number of anilines is 3. The van der Waals surface area contributed by atoms with Gasteiger partial charge in [-0.05, 0) is 120 Å². The second kappa shape index (κ2) is 12.6. The molecule has 296 valence electrons. The van der Waals surface area contributed by atoms with Gasteiger partial charge in [0.1, 0.15) is 5.58 Å². The van der Waals surface area contributed by atoms with Crippen molar-refractivity contribution in [3.63, 3.8) is 0 Å². The first kappa shape index (κ1) is 34.6. The summed E-state index contributed by atoms with van der Waals surface area (Å²) >= 11 is 1.88. The third kappa shape index (κ3) is 4.34. The van der Waals surface area contributed by atoms with E-state index in [1.54, 1.807) is 0 Å². The van der Waals surface area contributed by atoms with Crippen LogP contribution >= 0.6 is 11.3 Å². The van der Waals surface area contributed by atoms with Gasteiger partial charge in [0.05, 0.1) is 16.8 Å². The molecule has 0 unspecified atom stereocenters. The summed E-state index contributed by atoms with van der Waals surface area (Å²) in [4.78, 5) is 2.49. The van der Waals surface area contributed by atoms with Gasteiger partial charge < -0.3 is 9.32 Å². The molecule has 2 nitrogen and oxygen atoms in total. The van der Waals surface area contributed by atoms with Gasteiger partial charge in [-0.1, -0.05) is 164 Å². The van der Waals surface area contributed by atoms with E-state index in [0.29, 0.717) is 0 Å². The summed E-state index contributed by atoms with van der Waals surface area (Å²) in [7, 11) is 0. The third-order valence-corrected chi connectivity index (χ3v) is 15.6. The molecule has 0 amide bonds. The lowest BCUT2D eigenvalue weighted by molar-refractivity contribution is 0.669. The number of furan rings is 1. The van der Waals surface area contributed by atoms with Crippen LogP contribution in [0.3, 0.4) is 0 Å². The Morgan fingerprint density at radius 3 is 1.58 bits per heavy atom. The number of benzene rings is 11. The van der Waals surface area contributed by atoms with E-state index in [1.165, 1.54) is 97.0 Å². The molecule has 0 N–H and O–H groups in total. The van der Waals surface area contributed by atoms with E-state index in [4.69, 9.17) is 4.42 Å². The zero-order valence-corrected chi connectivity index (χ0v) is 35.3. The fraction of sp³-hybridized carbons (Fsp3) is 0.0164. The first-order chi connectivity index (χ1) is 31.8. The number of hydrogen-bond acceptors (Lipinski definition) is 3. The Balaban J connectivity index is 1.04. The summed E-state index contributed by atoms with van der Waals surface area (Å²) < 4.78 is 9.47. The van der Waals surface area contributed by atoms with Gasteiger partial charge in [-0.15, -0.1) is 11.3 Å². The largest absolute Gasteiger partial charge is 0.454 e. The third-order valence-electron chi connectivity index (χ3n) is 14.4. The van der Waals surface area contributed by atoms with Crippen LogP contribution in [0.2, 0.25) is 0 Å². The Morgan fingerprint density at radius 2 is 0.859 bits per heavy atom. The van der Waals surface area contributed by atoms with Crippen molar-refractivity contribution in [2.45, 2.75) is 5.41 Å². The van der Waals surface area contributed by atoms with Gasteiger partial charge in [0.2, 0.25) is 0 Å². The smallest absolute Gasteiger partial charge is 0.159 e. The first-order valence-corrected chi connectivity index (χ1v) is 22.9. The Bertz CT molecular complexity index is 4120. The summed E-state index contributed by atoms with van der Waals surface area (Å²) in [6.07, 6.45) is 0. The van der Waals surface area contributed by atoms with E-state index in [1.807, 2.05) is 11.3 Å². The molecule has 0 bridgehead atoms. The monoisotopic (exact) mass is 829 g/mol. The second-order valence-corrected chi connectivity index (χ2v) is 18.5. The van der Waals surface area contributed by atoms with Crippen molar-refractivity contribution in [2.75, 3.05) is 4.90 Å². The summed E-state index contributed by atoms with van der Waals surface area (Å²) in [5, 5.41) is 12.5. The van der Waals surface area contributed by atoms with E-state index in [-0.39, 0.29) is 0 Å². The molecule has 2 aliphatic carbocycles. The SMILES string of the molecule is c1ccc2c(c1)-c1ccccc1C21c2ccccc2-c2c(N(c3ccc4sc5cc6c7ccccc7c7ccccc7c6cc5c4c3)c3cccc4c3oc3ccccc34)cccc21. The van der Waals surface area contributed by atoms with Crippen LogP contribution in [0.25, 0.3) is 96.7 Å². The molecule has 0 radical (unpaired) electrons. The van der Waals surface area contributed by atoms with E-state index in [0.717, 1.165) is 39.0 Å². The van der Waals surface area contributed by atoms with Crippen molar-refractivity contribution < 1.29 is 4.42 Å². The molecule has 2 aliphatic rings. The lowest BCUT2D eigenvalue weighted by atomic mass is 9.70. The number of thiophene rings is 1. The summed E-state index contributed by atoms with van der Waals surface area (Å²) in [6, 6.07) is 79.0. The molecule has 3 heteroatoms. The molecule has 0 saturated carbocycles. The van der Waals surface area contributed by atoms with Gasteiger partial charge in [0.15, 0.2) is 5.58 Å². The number of para-hydroxylation sites is 2. The Kier molecular flexibility index (Phi) is 6.79. The fourth-order valence-electron chi connectivity index (χ4n) is 11.9. The van der Waals surface area contributed by atoms with Crippen LogP contribution in [0.15, 0.2) is 217 Å². The van der Waals surface area contributed by atoms with Crippen molar-refractivity contribution in [3.05, 3.63) is 235 Å². The molecular formula is C61H35NOS. The zero-order chi connectivity index (χ0) is 41.7. The molecule has 64 heavy (non-hydrogen) atoms. The molecular weight excluding hydrogens is 795 g/mol. The summed E-state index contributed by atoms with van der Waals surface area (Å²) in [5.74, 6) is 0. The molecule has 0 fully saturated rings. The van der Waals surface area contributed by atoms with Crippen LogP contribution in [0.4, 0.5) is 17.1 Å². The number of nitrogens with zero attached hydrogens (tertiary/aromatic N) is 1. The van der Waals surface area contributed by atoms with Gasteiger partial charge in [0.25, 0.3) is 0 Å². The van der Waals surface area contributed by atoms with Crippen LogP contribution in [0.1, 0.15) is 22.3 Å². The van der Waals surface area contributed by atoms with Crippen LogP contribution in [-0.4, -0.2) is 0 Å². The lowest BCUT2D eigenvalue weighted by Gasteiger charge is -2.31. The van der Waals surface area contributed by atoms with Crippen LogP contribution in [-0.2, 0) is 5.41 Å². The maximum Gasteiger partial charge on any atom is 0.159 e. The highest BCUT2D eigenvalue weighted by molar-refractivity contribution is 7.25. The van der Waals surface area contributed by atoms with Crippen molar-refractivity contribution in [3.8, 4) is 22.3 Å². The molecule has 15 rings (SSSR count). The predicted octanol–water partition coefficient (Wildman–Crippen LogP) is 17.2. The molecule has 2 aromatic heterocycles. The van der Waals surface area contributed by atoms with Crippen LogP contribution < -0.4 is 4.90 Å². The number of fused-ring (bicyclic) bond motifs is 22. The highest BCUT2D eigenvalue weighted by atomic mass is 32.1. The highest BCUT2D eigenvalue weighted by Crippen LogP contribution is 2.65. The Hall–Kier alpha value is -7.98. The summed E-state index contributed by atoms with van der Waals surface area (Å²) in [6.45, 7) is 0. The van der Waals surface area contributed by atoms with Crippen molar-refractivity contribution in [1.29, 1.82) is 0 Å². The van der Waals surface area contributed by atoms with Gasteiger partial charge in [-0.2, -0.15) is 0 Å². The summed E-state index contributed by atoms with van der Waals surface area (Å²) in [5.41, 5.74) is 14.9. The minimum absolute atomic E-state index is 0.465. The number of rotatable bonds is 3. The fourth-order valence-corrected chi connectivity index (χ4v) is 13.0. The van der Waals surface area contributed by atoms with E-state index >= 15 is 0 Å². The maximum absolute atomic E-state index is 6.91. The average molecular weight is 830 g/mol.